The fourth-order valence-corrected chi connectivity index (χ4v) is 6.61. The van der Waals surface area contributed by atoms with Gasteiger partial charge in [0.1, 0.15) is 0 Å². The molecule has 0 aliphatic carbocycles. The van der Waals surface area contributed by atoms with E-state index in [4.69, 9.17) is 9.97 Å². The maximum Gasteiger partial charge on any atom is 0.0978 e. The maximum absolute atomic E-state index is 5.42. The van der Waals surface area contributed by atoms with Gasteiger partial charge in [-0.1, -0.05) is 121 Å². The molecule has 0 saturated heterocycles. The van der Waals surface area contributed by atoms with E-state index in [1.54, 1.807) is 0 Å². The molecule has 4 nitrogen and oxygen atoms in total. The molecule has 9 aromatic rings. The van der Waals surface area contributed by atoms with E-state index in [9.17, 15) is 0 Å². The average molecular weight is 587 g/mol. The number of pyridine rings is 4. The molecule has 214 valence electrons. The normalized spacial score (nSPS) is 11.5. The molecule has 0 spiro atoms. The maximum atomic E-state index is 5.42. The van der Waals surface area contributed by atoms with Gasteiger partial charge in [-0.3, -0.25) is 9.97 Å². The van der Waals surface area contributed by atoms with Crippen LogP contribution in [0.4, 0.5) is 0 Å². The number of rotatable bonds is 4. The van der Waals surface area contributed by atoms with Gasteiger partial charge < -0.3 is 0 Å². The van der Waals surface area contributed by atoms with E-state index in [-0.39, 0.29) is 0 Å². The van der Waals surface area contributed by atoms with Crippen LogP contribution in [0.1, 0.15) is 0 Å². The molecule has 0 unspecified atom stereocenters. The van der Waals surface area contributed by atoms with Crippen LogP contribution in [0.5, 0.6) is 0 Å². The van der Waals surface area contributed by atoms with Gasteiger partial charge >= 0.3 is 0 Å². The third kappa shape index (κ3) is 4.31. The van der Waals surface area contributed by atoms with Gasteiger partial charge in [-0.05, 0) is 45.2 Å². The van der Waals surface area contributed by atoms with E-state index in [1.807, 2.05) is 36.9 Å². The second-order valence-corrected chi connectivity index (χ2v) is 11.5. The lowest BCUT2D eigenvalue weighted by molar-refractivity contribution is 1.32. The Kier molecular flexibility index (Phi) is 6.10. The van der Waals surface area contributed by atoms with Crippen LogP contribution in [0.3, 0.4) is 0 Å². The molecule has 0 atom stereocenters. The van der Waals surface area contributed by atoms with Crippen molar-refractivity contribution in [2.24, 2.45) is 0 Å². The SMILES string of the molecule is c1ccc(-c2cc(-c3cncc4ccccc34)nc3c2ccc2c(-c4ccccc4)cc(-c4cncc5ccccc45)nc23)cc1. The highest BCUT2D eigenvalue weighted by atomic mass is 14.8. The molecule has 4 heteroatoms. The van der Waals surface area contributed by atoms with Gasteiger partial charge in [-0.15, -0.1) is 0 Å². The lowest BCUT2D eigenvalue weighted by atomic mass is 9.93. The van der Waals surface area contributed by atoms with E-state index >= 15 is 0 Å². The fourth-order valence-electron chi connectivity index (χ4n) is 6.61. The Morgan fingerprint density at radius 1 is 0.326 bits per heavy atom. The molecule has 0 aliphatic rings. The molecule has 0 aliphatic heterocycles. The minimum absolute atomic E-state index is 0.856. The summed E-state index contributed by atoms with van der Waals surface area (Å²) in [6.45, 7) is 0. The summed E-state index contributed by atoms with van der Waals surface area (Å²) in [7, 11) is 0. The highest BCUT2D eigenvalue weighted by Gasteiger charge is 2.18. The molecule has 9 rings (SSSR count). The van der Waals surface area contributed by atoms with Crippen LogP contribution < -0.4 is 0 Å². The van der Waals surface area contributed by atoms with Crippen molar-refractivity contribution in [1.29, 1.82) is 0 Å². The number of hydrogen-bond acceptors (Lipinski definition) is 4. The van der Waals surface area contributed by atoms with Crippen molar-refractivity contribution in [2.75, 3.05) is 0 Å². The lowest BCUT2D eigenvalue weighted by Gasteiger charge is -2.16. The van der Waals surface area contributed by atoms with Crippen molar-refractivity contribution in [3.05, 3.63) is 158 Å². The van der Waals surface area contributed by atoms with Gasteiger partial charge in [0.15, 0.2) is 0 Å². The minimum atomic E-state index is 0.856. The van der Waals surface area contributed by atoms with Crippen LogP contribution in [0.25, 0.3) is 88.1 Å². The van der Waals surface area contributed by atoms with Crippen LogP contribution in [0, 0.1) is 0 Å². The van der Waals surface area contributed by atoms with Crippen LogP contribution in [0.15, 0.2) is 158 Å². The summed E-state index contributed by atoms with van der Waals surface area (Å²) in [6, 6.07) is 46.6. The number of nitrogens with zero attached hydrogens (tertiary/aromatic N) is 4. The molecule has 0 fully saturated rings. The summed E-state index contributed by atoms with van der Waals surface area (Å²) in [5.74, 6) is 0. The molecule has 46 heavy (non-hydrogen) atoms. The molecule has 4 heterocycles. The summed E-state index contributed by atoms with van der Waals surface area (Å²) in [5, 5.41) is 6.49. The van der Waals surface area contributed by atoms with Crippen molar-refractivity contribution < 1.29 is 0 Å². The van der Waals surface area contributed by atoms with Crippen molar-refractivity contribution in [2.45, 2.75) is 0 Å². The molecule has 0 amide bonds. The number of aromatic nitrogens is 4. The van der Waals surface area contributed by atoms with Crippen molar-refractivity contribution >= 4 is 43.4 Å². The summed E-state index contributed by atoms with van der Waals surface area (Å²) < 4.78 is 0. The zero-order valence-corrected chi connectivity index (χ0v) is 24.8. The van der Waals surface area contributed by atoms with Gasteiger partial charge in [0, 0.05) is 57.5 Å². The van der Waals surface area contributed by atoms with E-state index in [1.165, 1.54) is 0 Å². The second kappa shape index (κ2) is 10.7. The molecule has 4 aromatic heterocycles. The molecule has 0 bridgehead atoms. The number of hydrogen-bond donors (Lipinski definition) is 0. The Labute approximate surface area is 265 Å². The standard InChI is InChI=1S/C42H26N4/c1-3-11-27(12-4-1)35-21-39(37-25-43-23-29-15-7-9-17-31(29)37)45-41-33(35)19-20-34-36(28-13-5-2-6-14-28)22-40(46-42(34)41)38-26-44-24-30-16-8-10-18-32(30)38/h1-26H. The van der Waals surface area contributed by atoms with Crippen LogP contribution >= 0.6 is 0 Å². The van der Waals surface area contributed by atoms with E-state index in [0.717, 1.165) is 88.1 Å². The van der Waals surface area contributed by atoms with E-state index in [2.05, 4.69) is 131 Å². The molecule has 0 saturated carbocycles. The Morgan fingerprint density at radius 2 is 0.739 bits per heavy atom. The Hall–Kier alpha value is -6.26. The van der Waals surface area contributed by atoms with Gasteiger partial charge in [0.2, 0.25) is 0 Å². The predicted octanol–water partition coefficient (Wildman–Crippen LogP) is 10.5. The van der Waals surface area contributed by atoms with Gasteiger partial charge in [0.25, 0.3) is 0 Å². The van der Waals surface area contributed by atoms with Gasteiger partial charge in [-0.25, -0.2) is 9.97 Å². The zero-order chi connectivity index (χ0) is 30.5. The summed E-state index contributed by atoms with van der Waals surface area (Å²) in [4.78, 5) is 20.1. The Bertz CT molecular complexity index is 2390. The lowest BCUT2D eigenvalue weighted by Crippen LogP contribution is -1.96. The first-order valence-electron chi connectivity index (χ1n) is 15.4. The zero-order valence-electron chi connectivity index (χ0n) is 24.8. The topological polar surface area (TPSA) is 51.6 Å². The van der Waals surface area contributed by atoms with Crippen molar-refractivity contribution in [1.82, 2.24) is 19.9 Å². The first-order valence-corrected chi connectivity index (χ1v) is 15.4. The first kappa shape index (κ1) is 26.2. The quantitative estimate of drug-likeness (QED) is 0.193. The summed E-state index contributed by atoms with van der Waals surface area (Å²) in [5.41, 5.74) is 9.89. The van der Waals surface area contributed by atoms with Crippen molar-refractivity contribution in [3.63, 3.8) is 0 Å². The predicted molar refractivity (Wildman–Crippen MR) is 189 cm³/mol. The van der Waals surface area contributed by atoms with Crippen molar-refractivity contribution in [3.8, 4) is 44.8 Å². The highest BCUT2D eigenvalue weighted by molar-refractivity contribution is 6.14. The Morgan fingerprint density at radius 3 is 1.20 bits per heavy atom. The molecular weight excluding hydrogens is 560 g/mol. The number of fused-ring (bicyclic) bond motifs is 5. The minimum Gasteiger partial charge on any atom is -0.263 e. The summed E-state index contributed by atoms with van der Waals surface area (Å²) >= 11 is 0. The monoisotopic (exact) mass is 586 g/mol. The van der Waals surface area contributed by atoms with E-state index < -0.39 is 0 Å². The molecule has 5 aromatic carbocycles. The molecular formula is C42H26N4. The highest BCUT2D eigenvalue weighted by Crippen LogP contribution is 2.40. The fraction of sp³-hybridized carbons (Fsp3) is 0. The molecule has 0 radical (unpaired) electrons. The first-order chi connectivity index (χ1) is 22.8. The summed E-state index contributed by atoms with van der Waals surface area (Å²) in [6.07, 6.45) is 7.66. The second-order valence-electron chi connectivity index (χ2n) is 11.5. The van der Waals surface area contributed by atoms with Gasteiger partial charge in [-0.2, -0.15) is 0 Å². The van der Waals surface area contributed by atoms with Crippen LogP contribution in [-0.2, 0) is 0 Å². The Balaban J connectivity index is 1.43. The van der Waals surface area contributed by atoms with Crippen LogP contribution in [0.2, 0.25) is 0 Å². The molecule has 0 N–H and O–H groups in total. The smallest absolute Gasteiger partial charge is 0.0978 e. The van der Waals surface area contributed by atoms with Crippen LogP contribution in [-0.4, -0.2) is 19.9 Å². The largest absolute Gasteiger partial charge is 0.263 e. The van der Waals surface area contributed by atoms with Gasteiger partial charge in [0.05, 0.1) is 22.4 Å². The third-order valence-corrected chi connectivity index (χ3v) is 8.82. The number of benzene rings is 5. The van der Waals surface area contributed by atoms with E-state index in [0.29, 0.717) is 0 Å². The average Bonchev–Trinajstić information content (AvgIpc) is 3.14. The third-order valence-electron chi connectivity index (χ3n) is 8.82.